The lowest BCUT2D eigenvalue weighted by atomic mass is 10.1. The summed E-state index contributed by atoms with van der Waals surface area (Å²) in [5.41, 5.74) is 0.433. The lowest BCUT2D eigenvalue weighted by Gasteiger charge is -1.92. The van der Waals surface area contributed by atoms with Crippen molar-refractivity contribution < 1.29 is 22.0 Å². The van der Waals surface area contributed by atoms with E-state index >= 15 is 0 Å². The molecule has 0 bridgehead atoms. The molecule has 0 spiro atoms. The Bertz CT molecular complexity index is 619. The number of sulfone groups is 1. The van der Waals surface area contributed by atoms with Crippen LogP contribution in [0.15, 0.2) is 44.7 Å². The Morgan fingerprint density at radius 1 is 1.35 bits per heavy atom. The first-order chi connectivity index (χ1) is 7.97. The van der Waals surface area contributed by atoms with E-state index in [4.69, 9.17) is 8.83 Å². The number of furan rings is 2. The van der Waals surface area contributed by atoms with Crippen molar-refractivity contribution in [3.05, 3.63) is 42.2 Å². The highest BCUT2D eigenvalue weighted by Gasteiger charge is 2.15. The maximum Gasteiger partial charge on any atom is 0.178 e. The van der Waals surface area contributed by atoms with Gasteiger partial charge >= 0.3 is 0 Å². The Morgan fingerprint density at radius 3 is 2.65 bits per heavy atom. The zero-order valence-corrected chi connectivity index (χ0v) is 9.86. The minimum Gasteiger partial charge on any atom is -0.472 e. The molecule has 0 radical (unpaired) electrons. The molecule has 90 valence electrons. The van der Waals surface area contributed by atoms with Crippen molar-refractivity contribution in [2.45, 2.75) is 11.3 Å². The summed E-state index contributed by atoms with van der Waals surface area (Å²) in [6, 6.07) is 2.90. The fraction of sp³-hybridized carbons (Fsp3) is 0.182. The summed E-state index contributed by atoms with van der Waals surface area (Å²) in [5, 5.41) is 0. The summed E-state index contributed by atoms with van der Waals surface area (Å²) in [6.45, 7) is 0. The van der Waals surface area contributed by atoms with Crippen LogP contribution in [0.5, 0.6) is 0 Å². The third kappa shape index (κ3) is 2.65. The number of hydrogen-bond acceptors (Lipinski definition) is 5. The van der Waals surface area contributed by atoms with Crippen molar-refractivity contribution in [3.63, 3.8) is 0 Å². The molecule has 0 saturated carbocycles. The van der Waals surface area contributed by atoms with Crippen LogP contribution in [-0.2, 0) is 16.3 Å². The van der Waals surface area contributed by atoms with Crippen LogP contribution in [-0.4, -0.2) is 20.5 Å². The molecule has 2 aromatic heterocycles. The van der Waals surface area contributed by atoms with Crippen molar-refractivity contribution in [2.24, 2.45) is 0 Å². The Labute approximate surface area is 98.0 Å². The molecular weight excluding hydrogens is 244 g/mol. The predicted molar refractivity (Wildman–Crippen MR) is 58.6 cm³/mol. The number of ketones is 1. The first-order valence-electron chi connectivity index (χ1n) is 4.79. The predicted octanol–water partition coefficient (Wildman–Crippen LogP) is 1.70. The lowest BCUT2D eigenvalue weighted by molar-refractivity contribution is 0.0986. The smallest absolute Gasteiger partial charge is 0.178 e. The van der Waals surface area contributed by atoms with Gasteiger partial charge in [0, 0.05) is 6.26 Å². The Hall–Kier alpha value is -1.82. The molecule has 0 aliphatic rings. The molecule has 0 fully saturated rings. The highest BCUT2D eigenvalue weighted by Crippen LogP contribution is 2.15. The van der Waals surface area contributed by atoms with E-state index in [1.165, 1.54) is 18.6 Å². The fourth-order valence-electron chi connectivity index (χ4n) is 1.33. The number of Topliss-reactive ketones (excluding diaryl/α,β-unsaturated/α-hetero) is 1. The highest BCUT2D eigenvalue weighted by atomic mass is 32.2. The van der Waals surface area contributed by atoms with Crippen molar-refractivity contribution in [2.75, 3.05) is 6.26 Å². The van der Waals surface area contributed by atoms with E-state index in [2.05, 4.69) is 0 Å². The van der Waals surface area contributed by atoms with Gasteiger partial charge in [-0.15, -0.1) is 0 Å². The minimum absolute atomic E-state index is 0.00898. The molecule has 0 aliphatic heterocycles. The maximum atomic E-state index is 11.7. The van der Waals surface area contributed by atoms with E-state index < -0.39 is 9.84 Å². The fourth-order valence-corrected chi connectivity index (χ4v) is 1.90. The molecule has 0 aliphatic carbocycles. The monoisotopic (exact) mass is 254 g/mol. The summed E-state index contributed by atoms with van der Waals surface area (Å²) in [7, 11) is -3.30. The van der Waals surface area contributed by atoms with Crippen molar-refractivity contribution in [1.29, 1.82) is 0 Å². The van der Waals surface area contributed by atoms with Gasteiger partial charge in [0.15, 0.2) is 15.6 Å². The first kappa shape index (κ1) is 11.7. The van der Waals surface area contributed by atoms with Gasteiger partial charge in [-0.25, -0.2) is 8.42 Å². The van der Waals surface area contributed by atoms with Gasteiger partial charge in [-0.1, -0.05) is 0 Å². The van der Waals surface area contributed by atoms with Crippen molar-refractivity contribution >= 4 is 15.6 Å². The number of rotatable bonds is 4. The zero-order chi connectivity index (χ0) is 12.5. The van der Waals surface area contributed by atoms with Crippen LogP contribution >= 0.6 is 0 Å². The molecule has 0 amide bonds. The van der Waals surface area contributed by atoms with Gasteiger partial charge in [0.05, 0.1) is 18.2 Å². The molecular formula is C11H10O5S. The zero-order valence-electron chi connectivity index (χ0n) is 9.04. The van der Waals surface area contributed by atoms with Crippen LogP contribution in [0.4, 0.5) is 0 Å². The second-order valence-corrected chi connectivity index (χ2v) is 5.65. The molecule has 5 nitrogen and oxygen atoms in total. The first-order valence-corrected chi connectivity index (χ1v) is 6.69. The topological polar surface area (TPSA) is 77.5 Å². The molecule has 2 aromatic rings. The number of carbonyl (C=O) groups is 1. The molecule has 0 atom stereocenters. The average Bonchev–Trinajstić information content (AvgIpc) is 2.85. The third-order valence-corrected chi connectivity index (χ3v) is 3.31. The average molecular weight is 254 g/mol. The molecule has 17 heavy (non-hydrogen) atoms. The van der Waals surface area contributed by atoms with Gasteiger partial charge in [0.2, 0.25) is 0 Å². The minimum atomic E-state index is -3.30. The second kappa shape index (κ2) is 4.21. The molecule has 0 N–H and O–H groups in total. The number of carbonyl (C=O) groups excluding carboxylic acids is 1. The summed E-state index contributed by atoms with van der Waals surface area (Å²) >= 11 is 0. The van der Waals surface area contributed by atoms with Gasteiger partial charge in [0.25, 0.3) is 0 Å². The van der Waals surface area contributed by atoms with Gasteiger partial charge in [0.1, 0.15) is 23.2 Å². The largest absolute Gasteiger partial charge is 0.472 e. The quantitative estimate of drug-likeness (QED) is 0.776. The highest BCUT2D eigenvalue weighted by molar-refractivity contribution is 7.90. The van der Waals surface area contributed by atoms with E-state index in [-0.39, 0.29) is 17.1 Å². The molecule has 0 saturated heterocycles. The molecule has 0 unspecified atom stereocenters. The SMILES string of the molecule is CS(=O)(=O)c1coc(CC(=O)c2ccoc2)c1. The lowest BCUT2D eigenvalue weighted by Crippen LogP contribution is -2.01. The van der Waals surface area contributed by atoms with Crippen molar-refractivity contribution in [1.82, 2.24) is 0 Å². The van der Waals surface area contributed by atoms with Gasteiger partial charge in [-0.05, 0) is 12.1 Å². The Kier molecular flexibility index (Phi) is 2.89. The van der Waals surface area contributed by atoms with E-state index in [1.54, 1.807) is 6.07 Å². The van der Waals surface area contributed by atoms with Crippen LogP contribution in [0.1, 0.15) is 16.1 Å². The van der Waals surface area contributed by atoms with E-state index in [0.29, 0.717) is 11.3 Å². The molecule has 2 rings (SSSR count). The van der Waals surface area contributed by atoms with E-state index in [9.17, 15) is 13.2 Å². The van der Waals surface area contributed by atoms with E-state index in [0.717, 1.165) is 12.5 Å². The van der Waals surface area contributed by atoms with Crippen molar-refractivity contribution in [3.8, 4) is 0 Å². The molecule has 0 aromatic carbocycles. The van der Waals surface area contributed by atoms with E-state index in [1.807, 2.05) is 0 Å². The number of hydrogen-bond donors (Lipinski definition) is 0. The Morgan fingerprint density at radius 2 is 2.12 bits per heavy atom. The van der Waals surface area contributed by atoms with Crippen LogP contribution in [0, 0.1) is 0 Å². The summed E-state index contributed by atoms with van der Waals surface area (Å²) < 4.78 is 32.2. The molecule has 6 heteroatoms. The maximum absolute atomic E-state index is 11.7. The third-order valence-electron chi connectivity index (χ3n) is 2.24. The van der Waals surface area contributed by atoms with Gasteiger partial charge in [-0.3, -0.25) is 4.79 Å². The summed E-state index contributed by atoms with van der Waals surface area (Å²) in [6.07, 6.45) is 4.96. The summed E-state index contributed by atoms with van der Waals surface area (Å²) in [4.78, 5) is 11.7. The normalized spacial score (nSPS) is 11.6. The molecule has 2 heterocycles. The second-order valence-electron chi connectivity index (χ2n) is 3.63. The van der Waals surface area contributed by atoms with Crippen LogP contribution in [0.2, 0.25) is 0 Å². The van der Waals surface area contributed by atoms with Crippen LogP contribution < -0.4 is 0 Å². The van der Waals surface area contributed by atoms with Gasteiger partial charge in [-0.2, -0.15) is 0 Å². The Balaban J connectivity index is 2.15. The summed E-state index contributed by atoms with van der Waals surface area (Å²) in [5.74, 6) is 0.129. The van der Waals surface area contributed by atoms with Crippen LogP contribution in [0.25, 0.3) is 0 Å². The standard InChI is InChI=1S/C11H10O5S/c1-17(13,14)10-4-9(16-7-10)5-11(12)8-2-3-15-6-8/h2-4,6-7H,5H2,1H3. The van der Waals surface area contributed by atoms with Gasteiger partial charge < -0.3 is 8.83 Å². The van der Waals surface area contributed by atoms with Crippen LogP contribution in [0.3, 0.4) is 0 Å².